The van der Waals surface area contributed by atoms with Gasteiger partial charge in [0.15, 0.2) is 5.82 Å². The van der Waals surface area contributed by atoms with Crippen molar-refractivity contribution in [2.75, 3.05) is 18.8 Å². The lowest BCUT2D eigenvalue weighted by atomic mass is 10.1. The summed E-state index contributed by atoms with van der Waals surface area (Å²) in [4.78, 5) is 2.48. The Balaban J connectivity index is 1.64. The zero-order valence-electron chi connectivity index (χ0n) is 11.6. The van der Waals surface area contributed by atoms with Gasteiger partial charge >= 0.3 is 0 Å². The van der Waals surface area contributed by atoms with E-state index < -0.39 is 0 Å². The Morgan fingerprint density at radius 1 is 1.19 bits per heavy atom. The Kier molecular flexibility index (Phi) is 2.88. The van der Waals surface area contributed by atoms with Crippen molar-refractivity contribution in [2.45, 2.75) is 31.3 Å². The van der Waals surface area contributed by atoms with Crippen LogP contribution in [0, 0.1) is 5.82 Å². The van der Waals surface area contributed by atoms with Gasteiger partial charge in [-0.05, 0) is 47.9 Å². The molecule has 1 saturated heterocycles. The van der Waals surface area contributed by atoms with Crippen LogP contribution in [-0.2, 0) is 0 Å². The molecule has 0 radical (unpaired) electrons. The van der Waals surface area contributed by atoms with E-state index in [1.54, 1.807) is 16.8 Å². The van der Waals surface area contributed by atoms with Crippen LogP contribution >= 0.6 is 0 Å². The lowest BCUT2D eigenvalue weighted by Crippen LogP contribution is -2.24. The first-order valence-electron chi connectivity index (χ1n) is 7.29. The highest BCUT2D eigenvalue weighted by atomic mass is 19.1. The summed E-state index contributed by atoms with van der Waals surface area (Å²) in [5, 5.41) is 11.8. The zero-order valence-corrected chi connectivity index (χ0v) is 11.6. The molecule has 0 bridgehead atoms. The van der Waals surface area contributed by atoms with Crippen LogP contribution in [0.2, 0.25) is 0 Å². The molecule has 2 heterocycles. The van der Waals surface area contributed by atoms with Gasteiger partial charge in [0.2, 0.25) is 0 Å². The zero-order chi connectivity index (χ0) is 14.4. The minimum Gasteiger partial charge on any atom is -0.399 e. The third-order valence-electron chi connectivity index (χ3n) is 4.33. The van der Waals surface area contributed by atoms with E-state index in [-0.39, 0.29) is 11.9 Å². The Labute approximate surface area is 121 Å². The molecule has 1 atom stereocenters. The van der Waals surface area contributed by atoms with Crippen molar-refractivity contribution in [1.82, 2.24) is 25.1 Å². The van der Waals surface area contributed by atoms with Gasteiger partial charge < -0.3 is 5.73 Å². The molecule has 110 valence electrons. The lowest BCUT2D eigenvalue weighted by Gasteiger charge is -2.15. The Hall–Kier alpha value is -2.02. The first-order chi connectivity index (χ1) is 10.2. The number of benzene rings is 1. The SMILES string of the molecule is Nc1ccc(-c2nnnn2C2CCN(C3CC3)C2)c(F)c1. The minimum atomic E-state index is -0.386. The molecule has 2 aromatic rings. The van der Waals surface area contributed by atoms with Crippen molar-refractivity contribution in [3.63, 3.8) is 0 Å². The summed E-state index contributed by atoms with van der Waals surface area (Å²) in [7, 11) is 0. The summed E-state index contributed by atoms with van der Waals surface area (Å²) in [6, 6.07) is 5.57. The second-order valence-corrected chi connectivity index (χ2v) is 5.85. The van der Waals surface area contributed by atoms with Crippen LogP contribution in [-0.4, -0.2) is 44.2 Å². The molecule has 2 fully saturated rings. The average Bonchev–Trinajstić information content (AvgIpc) is 3.00. The minimum absolute atomic E-state index is 0.215. The van der Waals surface area contributed by atoms with E-state index in [0.717, 1.165) is 25.6 Å². The predicted molar refractivity (Wildman–Crippen MR) is 75.9 cm³/mol. The topological polar surface area (TPSA) is 72.9 Å². The largest absolute Gasteiger partial charge is 0.399 e. The Morgan fingerprint density at radius 3 is 2.81 bits per heavy atom. The van der Waals surface area contributed by atoms with Gasteiger partial charge in [0.1, 0.15) is 5.82 Å². The molecule has 21 heavy (non-hydrogen) atoms. The molecule has 2 aliphatic rings. The molecule has 1 aliphatic carbocycles. The van der Waals surface area contributed by atoms with Gasteiger partial charge in [0, 0.05) is 24.8 Å². The van der Waals surface area contributed by atoms with Gasteiger partial charge in [0.25, 0.3) is 0 Å². The average molecular weight is 288 g/mol. The molecule has 7 heteroatoms. The second kappa shape index (κ2) is 4.77. The van der Waals surface area contributed by atoms with Crippen molar-refractivity contribution in [2.24, 2.45) is 0 Å². The van der Waals surface area contributed by atoms with Gasteiger partial charge in [-0.15, -0.1) is 5.10 Å². The fourth-order valence-electron chi connectivity index (χ4n) is 3.07. The normalized spacial score (nSPS) is 22.8. The smallest absolute Gasteiger partial charge is 0.185 e. The number of tetrazole rings is 1. The molecule has 1 aliphatic heterocycles. The number of nitrogens with two attached hydrogens (primary N) is 1. The molecule has 0 spiro atoms. The van der Waals surface area contributed by atoms with Crippen LogP contribution in [0.4, 0.5) is 10.1 Å². The van der Waals surface area contributed by atoms with Crippen molar-refractivity contribution in [3.05, 3.63) is 24.0 Å². The third-order valence-corrected chi connectivity index (χ3v) is 4.33. The fourth-order valence-corrected chi connectivity index (χ4v) is 3.07. The van der Waals surface area contributed by atoms with Gasteiger partial charge in [0.05, 0.1) is 11.6 Å². The molecule has 1 saturated carbocycles. The van der Waals surface area contributed by atoms with Gasteiger partial charge in [-0.3, -0.25) is 4.90 Å². The van der Waals surface area contributed by atoms with Crippen LogP contribution < -0.4 is 5.73 Å². The first-order valence-corrected chi connectivity index (χ1v) is 7.29. The maximum absolute atomic E-state index is 14.1. The Morgan fingerprint density at radius 2 is 2.05 bits per heavy atom. The summed E-state index contributed by atoms with van der Waals surface area (Å²) in [5.74, 6) is 0.0956. The van der Waals surface area contributed by atoms with Gasteiger partial charge in [-0.2, -0.15) is 0 Å². The molecule has 1 aromatic heterocycles. The number of rotatable bonds is 3. The third kappa shape index (κ3) is 2.27. The van der Waals surface area contributed by atoms with Crippen molar-refractivity contribution >= 4 is 5.69 Å². The van der Waals surface area contributed by atoms with E-state index in [2.05, 4.69) is 20.4 Å². The summed E-state index contributed by atoms with van der Waals surface area (Å²) >= 11 is 0. The molecular formula is C14H17FN6. The van der Waals surface area contributed by atoms with Crippen LogP contribution in [0.5, 0.6) is 0 Å². The van der Waals surface area contributed by atoms with E-state index >= 15 is 0 Å². The lowest BCUT2D eigenvalue weighted by molar-refractivity contribution is 0.309. The number of aromatic nitrogens is 4. The highest BCUT2D eigenvalue weighted by molar-refractivity contribution is 5.59. The van der Waals surface area contributed by atoms with E-state index in [9.17, 15) is 4.39 Å². The van der Waals surface area contributed by atoms with E-state index in [1.165, 1.54) is 18.9 Å². The summed E-state index contributed by atoms with van der Waals surface area (Å²) in [5.41, 5.74) is 6.40. The van der Waals surface area contributed by atoms with Gasteiger partial charge in [-0.25, -0.2) is 9.07 Å². The quantitative estimate of drug-likeness (QED) is 0.866. The van der Waals surface area contributed by atoms with Crippen LogP contribution in [0.3, 0.4) is 0 Å². The van der Waals surface area contributed by atoms with Crippen LogP contribution in [0.15, 0.2) is 18.2 Å². The van der Waals surface area contributed by atoms with Crippen molar-refractivity contribution in [3.8, 4) is 11.4 Å². The van der Waals surface area contributed by atoms with E-state index in [0.29, 0.717) is 17.1 Å². The first kappa shape index (κ1) is 12.7. The number of likely N-dealkylation sites (tertiary alicyclic amines) is 1. The van der Waals surface area contributed by atoms with Crippen molar-refractivity contribution < 1.29 is 4.39 Å². The van der Waals surface area contributed by atoms with E-state index in [1.807, 2.05) is 0 Å². The molecule has 6 nitrogen and oxygen atoms in total. The maximum atomic E-state index is 14.1. The molecule has 1 aromatic carbocycles. The number of anilines is 1. The molecular weight excluding hydrogens is 271 g/mol. The molecule has 2 N–H and O–H groups in total. The summed E-state index contributed by atoms with van der Waals surface area (Å²) in [6.45, 7) is 2.01. The number of nitrogens with zero attached hydrogens (tertiary/aromatic N) is 5. The highest BCUT2D eigenvalue weighted by Crippen LogP contribution is 2.34. The predicted octanol–water partition coefficient (Wildman–Crippen LogP) is 1.47. The summed E-state index contributed by atoms with van der Waals surface area (Å²) < 4.78 is 15.9. The highest BCUT2D eigenvalue weighted by Gasteiger charge is 2.36. The molecule has 1 unspecified atom stereocenters. The number of nitrogen functional groups attached to an aromatic ring is 1. The molecule has 0 amide bonds. The van der Waals surface area contributed by atoms with Crippen molar-refractivity contribution in [1.29, 1.82) is 0 Å². The summed E-state index contributed by atoms with van der Waals surface area (Å²) in [6.07, 6.45) is 3.59. The van der Waals surface area contributed by atoms with E-state index in [4.69, 9.17) is 5.73 Å². The number of hydrogen-bond donors (Lipinski definition) is 1. The fraction of sp³-hybridized carbons (Fsp3) is 0.500. The number of hydrogen-bond acceptors (Lipinski definition) is 5. The van der Waals surface area contributed by atoms with Crippen LogP contribution in [0.25, 0.3) is 11.4 Å². The second-order valence-electron chi connectivity index (χ2n) is 5.85. The standard InChI is InChI=1S/C14H17FN6/c15-13-7-9(16)1-4-12(13)14-17-18-19-21(14)11-5-6-20(8-11)10-2-3-10/h1,4,7,10-11H,2-3,5-6,8,16H2. The number of halogens is 1. The van der Waals surface area contributed by atoms with Gasteiger partial charge in [-0.1, -0.05) is 0 Å². The molecule has 4 rings (SSSR count). The monoisotopic (exact) mass is 288 g/mol. The Bertz CT molecular complexity index is 665. The van der Waals surface area contributed by atoms with Crippen LogP contribution in [0.1, 0.15) is 25.3 Å². The maximum Gasteiger partial charge on any atom is 0.185 e.